The van der Waals surface area contributed by atoms with Crippen LogP contribution in [0.2, 0.25) is 0 Å². The molecule has 2 saturated heterocycles. The zero-order valence-corrected chi connectivity index (χ0v) is 12.4. The first-order valence-electron chi connectivity index (χ1n) is 7.58. The Hall–Kier alpha value is -1.72. The highest BCUT2D eigenvalue weighted by molar-refractivity contribution is 5.19. The van der Waals surface area contributed by atoms with Gasteiger partial charge in [-0.05, 0) is 5.56 Å². The van der Waals surface area contributed by atoms with Gasteiger partial charge in [0, 0.05) is 51.1 Å². The monoisotopic (exact) mass is 283 g/mol. The first kappa shape index (κ1) is 13.0. The van der Waals surface area contributed by atoms with Crippen LogP contribution in [0.1, 0.15) is 17.3 Å². The molecule has 1 N–H and O–H groups in total. The number of nitrogens with zero attached hydrogens (tertiary/aromatic N) is 4. The van der Waals surface area contributed by atoms with E-state index in [9.17, 15) is 0 Å². The maximum absolute atomic E-state index is 4.38. The molecule has 1 atom stereocenters. The molecule has 5 heteroatoms. The Bertz CT molecular complexity index is 617. The fourth-order valence-electron chi connectivity index (χ4n) is 3.80. The second-order valence-corrected chi connectivity index (χ2v) is 6.47. The summed E-state index contributed by atoms with van der Waals surface area (Å²) >= 11 is 0. The van der Waals surface area contributed by atoms with E-state index in [2.05, 4.69) is 62.4 Å². The third kappa shape index (κ3) is 2.17. The summed E-state index contributed by atoms with van der Waals surface area (Å²) in [5.74, 6) is 1.61. The molecule has 0 amide bonds. The lowest BCUT2D eigenvalue weighted by molar-refractivity contribution is 0.146. The Morgan fingerprint density at radius 2 is 2.10 bits per heavy atom. The SMILES string of the molecule is Cn1cnnc1C1CN(Cc2ccccc2)CC12CNC2. The number of nitrogens with one attached hydrogen (secondary N) is 1. The van der Waals surface area contributed by atoms with Crippen molar-refractivity contribution in [1.82, 2.24) is 25.0 Å². The van der Waals surface area contributed by atoms with Crippen molar-refractivity contribution in [2.24, 2.45) is 12.5 Å². The lowest BCUT2D eigenvalue weighted by Gasteiger charge is -2.43. The van der Waals surface area contributed by atoms with E-state index < -0.39 is 0 Å². The molecule has 21 heavy (non-hydrogen) atoms. The molecule has 0 saturated carbocycles. The van der Waals surface area contributed by atoms with Crippen LogP contribution in [0, 0.1) is 5.41 Å². The highest BCUT2D eigenvalue weighted by atomic mass is 15.3. The Labute approximate surface area is 125 Å². The third-order valence-electron chi connectivity index (χ3n) is 4.98. The molecule has 0 aliphatic carbocycles. The Morgan fingerprint density at radius 1 is 1.29 bits per heavy atom. The van der Waals surface area contributed by atoms with Crippen molar-refractivity contribution in [3.8, 4) is 0 Å². The van der Waals surface area contributed by atoms with Crippen molar-refractivity contribution in [3.05, 3.63) is 48.0 Å². The summed E-state index contributed by atoms with van der Waals surface area (Å²) in [6.45, 7) is 5.43. The second kappa shape index (κ2) is 4.93. The van der Waals surface area contributed by atoms with E-state index in [-0.39, 0.29) is 0 Å². The molecule has 5 nitrogen and oxygen atoms in total. The molecule has 1 unspecified atom stereocenters. The largest absolute Gasteiger partial charge is 0.320 e. The van der Waals surface area contributed by atoms with Crippen LogP contribution in [-0.2, 0) is 13.6 Å². The maximum Gasteiger partial charge on any atom is 0.137 e. The third-order valence-corrected chi connectivity index (χ3v) is 4.98. The van der Waals surface area contributed by atoms with E-state index >= 15 is 0 Å². The van der Waals surface area contributed by atoms with Crippen LogP contribution in [0.5, 0.6) is 0 Å². The van der Waals surface area contributed by atoms with Gasteiger partial charge < -0.3 is 9.88 Å². The van der Waals surface area contributed by atoms with Crippen LogP contribution in [0.4, 0.5) is 0 Å². The average molecular weight is 283 g/mol. The predicted octanol–water partition coefficient (Wildman–Crippen LogP) is 1.00. The summed E-state index contributed by atoms with van der Waals surface area (Å²) in [7, 11) is 2.05. The molecule has 4 rings (SSSR count). The van der Waals surface area contributed by atoms with Gasteiger partial charge in [0.2, 0.25) is 0 Å². The van der Waals surface area contributed by atoms with E-state index in [1.165, 1.54) is 5.56 Å². The number of hydrogen-bond donors (Lipinski definition) is 1. The molecule has 2 aliphatic rings. The normalized spacial score (nSPS) is 24.3. The number of hydrogen-bond acceptors (Lipinski definition) is 4. The first-order valence-corrected chi connectivity index (χ1v) is 7.58. The topological polar surface area (TPSA) is 46.0 Å². The summed E-state index contributed by atoms with van der Waals surface area (Å²) in [5, 5.41) is 11.9. The minimum atomic E-state index is 0.343. The van der Waals surface area contributed by atoms with Crippen molar-refractivity contribution in [2.75, 3.05) is 26.2 Å². The Kier molecular flexibility index (Phi) is 3.05. The molecule has 2 fully saturated rings. The first-order chi connectivity index (χ1) is 10.3. The number of aromatic nitrogens is 3. The molecule has 3 heterocycles. The van der Waals surface area contributed by atoms with Crippen LogP contribution >= 0.6 is 0 Å². The number of benzene rings is 1. The fraction of sp³-hybridized carbons (Fsp3) is 0.500. The lowest BCUT2D eigenvalue weighted by Crippen LogP contribution is -2.57. The van der Waals surface area contributed by atoms with E-state index in [4.69, 9.17) is 0 Å². The molecule has 110 valence electrons. The van der Waals surface area contributed by atoms with Crippen LogP contribution in [0.15, 0.2) is 36.7 Å². The standard InChI is InChI=1S/C16H21N5/c1-20-12-18-19-15(20)14-8-21(11-16(14)9-17-10-16)7-13-5-3-2-4-6-13/h2-6,12,14,17H,7-11H2,1H3. The average Bonchev–Trinajstić information content (AvgIpc) is 3.03. The van der Waals surface area contributed by atoms with Gasteiger partial charge in [-0.1, -0.05) is 30.3 Å². The number of likely N-dealkylation sites (tertiary alicyclic amines) is 1. The van der Waals surface area contributed by atoms with Crippen LogP contribution < -0.4 is 5.32 Å². The van der Waals surface area contributed by atoms with Gasteiger partial charge in [-0.15, -0.1) is 10.2 Å². The highest BCUT2D eigenvalue weighted by Crippen LogP contribution is 2.45. The van der Waals surface area contributed by atoms with E-state index in [0.29, 0.717) is 11.3 Å². The van der Waals surface area contributed by atoms with Crippen LogP contribution in [0.3, 0.4) is 0 Å². The number of aryl methyl sites for hydroxylation is 1. The molecule has 0 bridgehead atoms. The summed E-state index contributed by atoms with van der Waals surface area (Å²) < 4.78 is 2.08. The molecule has 1 aromatic heterocycles. The zero-order valence-electron chi connectivity index (χ0n) is 12.4. The van der Waals surface area contributed by atoms with Gasteiger partial charge in [-0.3, -0.25) is 4.90 Å². The van der Waals surface area contributed by atoms with E-state index in [0.717, 1.165) is 38.5 Å². The van der Waals surface area contributed by atoms with Gasteiger partial charge in [0.1, 0.15) is 12.2 Å². The highest BCUT2D eigenvalue weighted by Gasteiger charge is 2.52. The molecule has 0 radical (unpaired) electrons. The summed E-state index contributed by atoms with van der Waals surface area (Å²) in [6.07, 6.45) is 1.81. The van der Waals surface area contributed by atoms with E-state index in [1.54, 1.807) is 0 Å². The summed E-state index contributed by atoms with van der Waals surface area (Å²) in [6, 6.07) is 10.7. The van der Waals surface area contributed by atoms with Crippen LogP contribution in [-0.4, -0.2) is 45.8 Å². The van der Waals surface area contributed by atoms with Gasteiger partial charge in [-0.2, -0.15) is 0 Å². The summed E-state index contributed by atoms with van der Waals surface area (Å²) in [4.78, 5) is 2.56. The zero-order chi connectivity index (χ0) is 14.3. The van der Waals surface area contributed by atoms with Gasteiger partial charge in [-0.25, -0.2) is 0 Å². The van der Waals surface area contributed by atoms with Crippen molar-refractivity contribution >= 4 is 0 Å². The maximum atomic E-state index is 4.38. The minimum Gasteiger partial charge on any atom is -0.320 e. The van der Waals surface area contributed by atoms with E-state index in [1.807, 2.05) is 6.33 Å². The Morgan fingerprint density at radius 3 is 2.71 bits per heavy atom. The van der Waals surface area contributed by atoms with Gasteiger partial charge in [0.05, 0.1) is 0 Å². The molecular formula is C16H21N5. The smallest absolute Gasteiger partial charge is 0.137 e. The quantitative estimate of drug-likeness (QED) is 0.913. The van der Waals surface area contributed by atoms with Gasteiger partial charge in [0.15, 0.2) is 0 Å². The summed E-state index contributed by atoms with van der Waals surface area (Å²) in [5.41, 5.74) is 1.73. The second-order valence-electron chi connectivity index (χ2n) is 6.47. The lowest BCUT2D eigenvalue weighted by atomic mass is 9.72. The molecule has 1 aromatic carbocycles. The van der Waals surface area contributed by atoms with Crippen molar-refractivity contribution in [2.45, 2.75) is 12.5 Å². The van der Waals surface area contributed by atoms with Crippen molar-refractivity contribution < 1.29 is 0 Å². The molecular weight excluding hydrogens is 262 g/mol. The van der Waals surface area contributed by atoms with Crippen molar-refractivity contribution in [1.29, 1.82) is 0 Å². The Balaban J connectivity index is 1.56. The molecule has 1 spiro atoms. The molecule has 2 aliphatic heterocycles. The van der Waals surface area contributed by atoms with Gasteiger partial charge >= 0.3 is 0 Å². The predicted molar refractivity (Wildman–Crippen MR) is 80.8 cm³/mol. The van der Waals surface area contributed by atoms with Crippen molar-refractivity contribution in [3.63, 3.8) is 0 Å². The fourth-order valence-corrected chi connectivity index (χ4v) is 3.80. The van der Waals surface area contributed by atoms with Gasteiger partial charge in [0.25, 0.3) is 0 Å². The minimum absolute atomic E-state index is 0.343. The molecule has 2 aromatic rings. The van der Waals surface area contributed by atoms with Crippen LogP contribution in [0.25, 0.3) is 0 Å². The number of rotatable bonds is 3.